The molecule has 1 aromatic heterocycles. The Morgan fingerprint density at radius 1 is 1.38 bits per heavy atom. The normalized spacial score (nSPS) is 12.6. The molecule has 1 aromatic carbocycles. The van der Waals surface area contributed by atoms with Crippen molar-refractivity contribution in [3.63, 3.8) is 0 Å². The van der Waals surface area contributed by atoms with Gasteiger partial charge < -0.3 is 10.1 Å². The molecule has 0 saturated heterocycles. The minimum absolute atomic E-state index is 0.0549. The maximum absolute atomic E-state index is 12.3. The Morgan fingerprint density at radius 2 is 2.19 bits per heavy atom. The van der Waals surface area contributed by atoms with Crippen LogP contribution in [0.2, 0.25) is 0 Å². The van der Waals surface area contributed by atoms with Gasteiger partial charge in [0.05, 0.1) is 0 Å². The summed E-state index contributed by atoms with van der Waals surface area (Å²) in [6.07, 6.45) is 2.13. The highest BCUT2D eigenvalue weighted by molar-refractivity contribution is 5.31. The van der Waals surface area contributed by atoms with Crippen molar-refractivity contribution in [1.82, 2.24) is 20.1 Å². The third-order valence-electron chi connectivity index (χ3n) is 3.22. The molecule has 2 aromatic rings. The van der Waals surface area contributed by atoms with Crippen LogP contribution in [-0.2, 0) is 13.0 Å². The molecule has 5 nitrogen and oxygen atoms in total. The van der Waals surface area contributed by atoms with Gasteiger partial charge in [0, 0.05) is 19.0 Å². The molecule has 21 heavy (non-hydrogen) atoms. The predicted octanol–water partition coefficient (Wildman–Crippen LogP) is 2.40. The topological polar surface area (TPSA) is 52.0 Å². The first-order valence-electron chi connectivity index (χ1n) is 6.72. The molecule has 114 valence electrons. The highest BCUT2D eigenvalue weighted by Gasteiger charge is 2.15. The molecule has 1 unspecified atom stereocenters. The van der Waals surface area contributed by atoms with Crippen molar-refractivity contribution in [2.45, 2.75) is 32.5 Å². The van der Waals surface area contributed by atoms with Crippen LogP contribution in [0.1, 0.15) is 24.4 Å². The van der Waals surface area contributed by atoms with Gasteiger partial charge in [0.15, 0.2) is 0 Å². The van der Waals surface area contributed by atoms with Gasteiger partial charge in [-0.05, 0) is 31.7 Å². The van der Waals surface area contributed by atoms with E-state index in [1.807, 2.05) is 24.7 Å². The maximum atomic E-state index is 12.3. The molecule has 0 aliphatic heterocycles. The van der Waals surface area contributed by atoms with E-state index < -0.39 is 6.61 Å². The van der Waals surface area contributed by atoms with Crippen molar-refractivity contribution in [3.8, 4) is 5.75 Å². The Labute approximate surface area is 121 Å². The van der Waals surface area contributed by atoms with Crippen molar-refractivity contribution in [2.75, 3.05) is 7.05 Å². The van der Waals surface area contributed by atoms with Crippen LogP contribution in [0.3, 0.4) is 0 Å². The van der Waals surface area contributed by atoms with Gasteiger partial charge in [-0.2, -0.15) is 13.9 Å². The van der Waals surface area contributed by atoms with Crippen LogP contribution in [0.4, 0.5) is 8.78 Å². The number of hydrogen-bond donors (Lipinski definition) is 1. The fourth-order valence-corrected chi connectivity index (χ4v) is 2.19. The number of aromatic nitrogens is 3. The standard InChI is InChI=1S/C14H18F2N4O/c1-3-20-13(18-9-19-20)8-12(17-2)10-5-4-6-11(7-10)21-14(15)16/h4-7,9,12,14,17H,3,8H2,1-2H3. The number of halogens is 2. The summed E-state index contributed by atoms with van der Waals surface area (Å²) >= 11 is 0. The van der Waals surface area contributed by atoms with Crippen molar-refractivity contribution in [3.05, 3.63) is 42.0 Å². The summed E-state index contributed by atoms with van der Waals surface area (Å²) in [5.74, 6) is 0.997. The zero-order chi connectivity index (χ0) is 15.2. The van der Waals surface area contributed by atoms with Crippen LogP contribution in [0.5, 0.6) is 5.75 Å². The van der Waals surface area contributed by atoms with E-state index in [9.17, 15) is 8.78 Å². The second-order valence-corrected chi connectivity index (χ2v) is 4.49. The first-order chi connectivity index (χ1) is 10.1. The SMILES string of the molecule is CCn1ncnc1CC(NC)c1cccc(OC(F)F)c1. The molecular formula is C14H18F2N4O. The Balaban J connectivity index is 2.17. The first kappa shape index (κ1) is 15.4. The highest BCUT2D eigenvalue weighted by Crippen LogP contribution is 2.23. The quantitative estimate of drug-likeness (QED) is 0.852. The molecule has 1 N–H and O–H groups in total. The highest BCUT2D eigenvalue weighted by atomic mass is 19.3. The maximum Gasteiger partial charge on any atom is 0.387 e. The largest absolute Gasteiger partial charge is 0.435 e. The van der Waals surface area contributed by atoms with Gasteiger partial charge in [0.25, 0.3) is 0 Å². The monoisotopic (exact) mass is 296 g/mol. The minimum atomic E-state index is -2.82. The van der Waals surface area contributed by atoms with Gasteiger partial charge in [0.2, 0.25) is 0 Å². The van der Waals surface area contributed by atoms with Gasteiger partial charge in [0.1, 0.15) is 17.9 Å². The van der Waals surface area contributed by atoms with E-state index in [0.29, 0.717) is 6.42 Å². The summed E-state index contributed by atoms with van der Waals surface area (Å²) in [6, 6.07) is 6.63. The summed E-state index contributed by atoms with van der Waals surface area (Å²) in [5, 5.41) is 7.29. The average Bonchev–Trinajstić information content (AvgIpc) is 2.91. The van der Waals surface area contributed by atoms with E-state index in [-0.39, 0.29) is 11.8 Å². The minimum Gasteiger partial charge on any atom is -0.435 e. The van der Waals surface area contributed by atoms with E-state index >= 15 is 0 Å². The van der Waals surface area contributed by atoms with Crippen molar-refractivity contribution in [2.24, 2.45) is 0 Å². The van der Waals surface area contributed by atoms with Crippen LogP contribution in [-0.4, -0.2) is 28.4 Å². The molecule has 0 radical (unpaired) electrons. The molecule has 2 rings (SSSR count). The second kappa shape index (κ2) is 7.12. The molecular weight excluding hydrogens is 278 g/mol. The van der Waals surface area contributed by atoms with Gasteiger partial charge >= 0.3 is 6.61 Å². The summed E-state index contributed by atoms with van der Waals surface area (Å²) in [7, 11) is 1.82. The third-order valence-corrected chi connectivity index (χ3v) is 3.22. The van der Waals surface area contributed by atoms with Crippen LogP contribution in [0, 0.1) is 0 Å². The second-order valence-electron chi connectivity index (χ2n) is 4.49. The zero-order valence-corrected chi connectivity index (χ0v) is 12.0. The zero-order valence-electron chi connectivity index (χ0n) is 12.0. The number of likely N-dealkylation sites (N-methyl/N-ethyl adjacent to an activating group) is 1. The fraction of sp³-hybridized carbons (Fsp3) is 0.429. The fourth-order valence-electron chi connectivity index (χ4n) is 2.19. The van der Waals surface area contributed by atoms with Gasteiger partial charge in [-0.15, -0.1) is 0 Å². The lowest BCUT2D eigenvalue weighted by atomic mass is 10.0. The lowest BCUT2D eigenvalue weighted by Gasteiger charge is -2.17. The number of nitrogens with zero attached hydrogens (tertiary/aromatic N) is 3. The van der Waals surface area contributed by atoms with E-state index in [1.165, 1.54) is 12.4 Å². The molecule has 0 fully saturated rings. The summed E-state index contributed by atoms with van der Waals surface area (Å²) in [4.78, 5) is 4.23. The van der Waals surface area contributed by atoms with Crippen LogP contribution >= 0.6 is 0 Å². The summed E-state index contributed by atoms with van der Waals surface area (Å²) in [6.45, 7) is -0.0966. The van der Waals surface area contributed by atoms with E-state index in [4.69, 9.17) is 0 Å². The predicted molar refractivity (Wildman–Crippen MR) is 74.3 cm³/mol. The third kappa shape index (κ3) is 3.98. The number of ether oxygens (including phenoxy) is 1. The van der Waals surface area contributed by atoms with E-state index in [2.05, 4.69) is 20.1 Å². The number of hydrogen-bond acceptors (Lipinski definition) is 4. The Bertz CT molecular complexity index is 574. The molecule has 0 saturated carbocycles. The van der Waals surface area contributed by atoms with Crippen molar-refractivity contribution >= 4 is 0 Å². The molecule has 1 atom stereocenters. The van der Waals surface area contributed by atoms with E-state index in [0.717, 1.165) is 17.9 Å². The van der Waals surface area contributed by atoms with Crippen LogP contribution < -0.4 is 10.1 Å². The number of nitrogens with one attached hydrogen (secondary N) is 1. The first-order valence-corrected chi connectivity index (χ1v) is 6.72. The molecule has 7 heteroatoms. The molecule has 0 aliphatic rings. The molecule has 0 aliphatic carbocycles. The van der Waals surface area contributed by atoms with Crippen molar-refractivity contribution in [1.29, 1.82) is 0 Å². The Hall–Kier alpha value is -2.02. The lowest BCUT2D eigenvalue weighted by Crippen LogP contribution is -2.21. The number of alkyl halides is 2. The number of aryl methyl sites for hydroxylation is 1. The molecule has 0 spiro atoms. The smallest absolute Gasteiger partial charge is 0.387 e. The van der Waals surface area contributed by atoms with E-state index in [1.54, 1.807) is 12.1 Å². The molecule has 0 amide bonds. The van der Waals surface area contributed by atoms with Gasteiger partial charge in [-0.1, -0.05) is 12.1 Å². The van der Waals surface area contributed by atoms with Crippen LogP contribution in [0.25, 0.3) is 0 Å². The summed E-state index contributed by atoms with van der Waals surface area (Å²) in [5.41, 5.74) is 0.862. The number of benzene rings is 1. The lowest BCUT2D eigenvalue weighted by molar-refractivity contribution is -0.0499. The average molecular weight is 296 g/mol. The molecule has 0 bridgehead atoms. The Kier molecular flexibility index (Phi) is 5.21. The van der Waals surface area contributed by atoms with Crippen LogP contribution in [0.15, 0.2) is 30.6 Å². The van der Waals surface area contributed by atoms with Gasteiger partial charge in [-0.25, -0.2) is 4.98 Å². The Morgan fingerprint density at radius 3 is 2.86 bits per heavy atom. The molecule has 1 heterocycles. The van der Waals surface area contributed by atoms with Gasteiger partial charge in [-0.3, -0.25) is 4.68 Å². The number of rotatable bonds is 7. The summed E-state index contributed by atoms with van der Waals surface area (Å²) < 4.78 is 30.8. The van der Waals surface area contributed by atoms with Crippen molar-refractivity contribution < 1.29 is 13.5 Å².